The molecule has 10 heteroatoms. The van der Waals surface area contributed by atoms with Crippen LogP contribution in [0.4, 0.5) is 0 Å². The Kier molecular flexibility index (Phi) is 15.1. The molecule has 0 saturated heterocycles. The van der Waals surface area contributed by atoms with Gasteiger partial charge in [0.25, 0.3) is 0 Å². The van der Waals surface area contributed by atoms with E-state index in [1.807, 2.05) is 0 Å². The lowest BCUT2D eigenvalue weighted by Crippen LogP contribution is -2.04. The van der Waals surface area contributed by atoms with Gasteiger partial charge in [-0.05, 0) is 12.8 Å². The van der Waals surface area contributed by atoms with Crippen molar-refractivity contribution < 1.29 is 33.5 Å². The van der Waals surface area contributed by atoms with Crippen molar-refractivity contribution in [2.75, 3.05) is 51.1 Å². The number of phosphoric ester groups is 1. The van der Waals surface area contributed by atoms with Gasteiger partial charge in [-0.25, -0.2) is 4.57 Å². The Morgan fingerprint density at radius 2 is 1.40 bits per heavy atom. The molecule has 0 atom stereocenters. The summed E-state index contributed by atoms with van der Waals surface area (Å²) in [5, 5.41) is 8.49. The molecule has 122 valence electrons. The van der Waals surface area contributed by atoms with Crippen LogP contribution in [0.15, 0.2) is 0 Å². The van der Waals surface area contributed by atoms with E-state index in [0.717, 1.165) is 24.3 Å². The summed E-state index contributed by atoms with van der Waals surface area (Å²) in [7, 11) is -0.827. The topological polar surface area (TPSA) is 105 Å². The van der Waals surface area contributed by atoms with Crippen molar-refractivity contribution in [1.29, 1.82) is 0 Å². The summed E-state index contributed by atoms with van der Waals surface area (Å²) >= 11 is 0. The number of rotatable bonds is 15. The van der Waals surface area contributed by atoms with Gasteiger partial charge in [0.1, 0.15) is 0 Å². The fourth-order valence-electron chi connectivity index (χ4n) is 1.04. The highest BCUT2D eigenvalue weighted by Gasteiger charge is 2.12. The molecule has 0 radical (unpaired) electrons. The molecule has 0 aromatic heterocycles. The molecule has 3 N–H and O–H groups in total. The molecule has 20 heavy (non-hydrogen) atoms. The van der Waals surface area contributed by atoms with E-state index >= 15 is 0 Å². The number of aliphatic hydroxyl groups excluding tert-OH is 1. The molecule has 0 unspecified atom stereocenters. The molecule has 0 fully saturated rings. The van der Waals surface area contributed by atoms with Crippen molar-refractivity contribution >= 4 is 29.4 Å². The van der Waals surface area contributed by atoms with Crippen molar-refractivity contribution in [1.82, 2.24) is 0 Å². The lowest BCUT2D eigenvalue weighted by atomic mass is 10.5. The number of aliphatic hydroxyl groups is 1. The zero-order chi connectivity index (χ0) is 15.1. The summed E-state index contributed by atoms with van der Waals surface area (Å²) in [6.07, 6.45) is 1.85. The van der Waals surface area contributed by atoms with Gasteiger partial charge in [0.2, 0.25) is 0 Å². The fraction of sp³-hybridized carbons (Fsp3) is 1.00. The molecular formula is C10H23O7PS2. The third-order valence-corrected chi connectivity index (χ3v) is 4.94. The third-order valence-electron chi connectivity index (χ3n) is 1.84. The smallest absolute Gasteiger partial charge is 0.394 e. The normalized spacial score (nSPS) is 11.9. The average Bonchev–Trinajstić information content (AvgIpc) is 2.38. The average molecular weight is 350 g/mol. The van der Waals surface area contributed by atoms with Gasteiger partial charge in [-0.1, -0.05) is 21.6 Å². The zero-order valence-electron chi connectivity index (χ0n) is 11.3. The summed E-state index contributed by atoms with van der Waals surface area (Å²) in [6, 6.07) is 0. The second kappa shape index (κ2) is 14.6. The number of ether oxygens (including phenoxy) is 2. The Bertz CT molecular complexity index is 252. The predicted molar refractivity (Wildman–Crippen MR) is 80.9 cm³/mol. The largest absolute Gasteiger partial charge is 0.469 e. The quantitative estimate of drug-likeness (QED) is 0.229. The Morgan fingerprint density at radius 1 is 0.850 bits per heavy atom. The van der Waals surface area contributed by atoms with Gasteiger partial charge in [0.15, 0.2) is 0 Å². The molecule has 0 bridgehead atoms. The fourth-order valence-corrected chi connectivity index (χ4v) is 3.48. The molecule has 0 aliphatic carbocycles. The zero-order valence-corrected chi connectivity index (χ0v) is 13.8. The minimum atomic E-state index is -4.36. The van der Waals surface area contributed by atoms with Gasteiger partial charge in [-0.3, -0.25) is 4.52 Å². The molecular weight excluding hydrogens is 327 g/mol. The van der Waals surface area contributed by atoms with E-state index in [4.69, 9.17) is 24.4 Å². The first-order valence-electron chi connectivity index (χ1n) is 6.27. The van der Waals surface area contributed by atoms with Crippen LogP contribution >= 0.6 is 29.4 Å². The van der Waals surface area contributed by atoms with E-state index in [2.05, 4.69) is 4.52 Å². The highest BCUT2D eigenvalue weighted by Crippen LogP contribution is 2.35. The lowest BCUT2D eigenvalue weighted by Gasteiger charge is -2.06. The second-order valence-electron chi connectivity index (χ2n) is 3.62. The first-order valence-corrected chi connectivity index (χ1v) is 10.3. The minimum Gasteiger partial charge on any atom is -0.394 e. The molecule has 0 aliphatic rings. The Morgan fingerprint density at radius 3 is 1.90 bits per heavy atom. The molecule has 7 nitrogen and oxygen atoms in total. The monoisotopic (exact) mass is 350 g/mol. The molecule has 0 aromatic carbocycles. The summed E-state index contributed by atoms with van der Waals surface area (Å²) in [5.41, 5.74) is 0. The van der Waals surface area contributed by atoms with Crippen molar-refractivity contribution in [3.05, 3.63) is 0 Å². The van der Waals surface area contributed by atoms with Crippen LogP contribution in [0.2, 0.25) is 0 Å². The van der Waals surface area contributed by atoms with E-state index in [0.29, 0.717) is 19.8 Å². The van der Waals surface area contributed by atoms with Crippen molar-refractivity contribution in [3.8, 4) is 0 Å². The molecule has 0 spiro atoms. The van der Waals surface area contributed by atoms with E-state index in [1.54, 1.807) is 21.6 Å². The third kappa shape index (κ3) is 18.7. The molecule has 0 rings (SSSR count). The van der Waals surface area contributed by atoms with Crippen LogP contribution in [0.5, 0.6) is 0 Å². The summed E-state index contributed by atoms with van der Waals surface area (Å²) in [5.74, 6) is 1.97. The molecule has 0 aromatic rings. The predicted octanol–water partition coefficient (Wildman–Crippen LogP) is 1.28. The molecule has 0 aliphatic heterocycles. The van der Waals surface area contributed by atoms with Gasteiger partial charge >= 0.3 is 7.82 Å². The van der Waals surface area contributed by atoms with Crippen LogP contribution in [0, 0.1) is 0 Å². The maximum absolute atomic E-state index is 10.3. The Balaban J connectivity index is 3.01. The van der Waals surface area contributed by atoms with Crippen LogP contribution in [0.1, 0.15) is 12.8 Å². The van der Waals surface area contributed by atoms with Crippen LogP contribution < -0.4 is 0 Å². The van der Waals surface area contributed by atoms with Crippen molar-refractivity contribution in [2.24, 2.45) is 0 Å². The summed E-state index contributed by atoms with van der Waals surface area (Å²) < 4.78 is 24.9. The van der Waals surface area contributed by atoms with E-state index in [-0.39, 0.29) is 19.8 Å². The first kappa shape index (κ1) is 20.7. The van der Waals surface area contributed by atoms with Gasteiger partial charge in [-0.2, -0.15) is 0 Å². The van der Waals surface area contributed by atoms with Crippen LogP contribution in [-0.4, -0.2) is 66.0 Å². The maximum atomic E-state index is 10.3. The number of hydrogen-bond donors (Lipinski definition) is 3. The highest BCUT2D eigenvalue weighted by molar-refractivity contribution is 8.76. The van der Waals surface area contributed by atoms with Gasteiger partial charge in [0.05, 0.1) is 26.4 Å². The summed E-state index contributed by atoms with van der Waals surface area (Å²) in [6.45, 7) is 1.79. The van der Waals surface area contributed by atoms with Gasteiger partial charge < -0.3 is 24.4 Å². The van der Waals surface area contributed by atoms with Crippen molar-refractivity contribution in [3.63, 3.8) is 0 Å². The molecule has 0 amide bonds. The maximum Gasteiger partial charge on any atom is 0.469 e. The Labute approximate surface area is 127 Å². The van der Waals surface area contributed by atoms with Crippen LogP contribution in [-0.2, 0) is 18.6 Å². The first-order chi connectivity index (χ1) is 9.56. The molecule has 0 heterocycles. The van der Waals surface area contributed by atoms with Gasteiger partial charge in [0, 0.05) is 24.7 Å². The van der Waals surface area contributed by atoms with E-state index in [9.17, 15) is 4.57 Å². The highest BCUT2D eigenvalue weighted by atomic mass is 33.1. The minimum absolute atomic E-state index is 0.0705. The molecule has 0 saturated carbocycles. The standard InChI is InChI=1S/C10H23O7PS2/c11-3-6-15-4-1-9-19-20-10-2-5-16-7-8-17-18(12,13)14/h11H,1-10H2,(H2,12,13,14). The number of phosphoric acid groups is 1. The van der Waals surface area contributed by atoms with Gasteiger partial charge in [-0.15, -0.1) is 0 Å². The second-order valence-corrected chi connectivity index (χ2v) is 7.56. The number of hydrogen-bond acceptors (Lipinski definition) is 7. The summed E-state index contributed by atoms with van der Waals surface area (Å²) in [4.78, 5) is 16.8. The lowest BCUT2D eigenvalue weighted by molar-refractivity contribution is 0.0863. The van der Waals surface area contributed by atoms with E-state index < -0.39 is 7.82 Å². The van der Waals surface area contributed by atoms with Crippen molar-refractivity contribution in [2.45, 2.75) is 12.8 Å². The Hall–Kier alpha value is 0.690. The SMILES string of the molecule is O=P(O)(O)OCCOCCCSSCCCOCCO. The van der Waals surface area contributed by atoms with E-state index in [1.165, 1.54) is 0 Å². The van der Waals surface area contributed by atoms with Crippen LogP contribution in [0.3, 0.4) is 0 Å². The van der Waals surface area contributed by atoms with Crippen LogP contribution in [0.25, 0.3) is 0 Å².